The third-order valence-electron chi connectivity index (χ3n) is 3.15. The van der Waals surface area contributed by atoms with Crippen molar-refractivity contribution in [2.75, 3.05) is 10.6 Å². The van der Waals surface area contributed by atoms with Crippen LogP contribution in [0.15, 0.2) is 53.4 Å². The van der Waals surface area contributed by atoms with Crippen LogP contribution in [0.1, 0.15) is 19.4 Å². The second-order valence-electron chi connectivity index (χ2n) is 5.71. The van der Waals surface area contributed by atoms with Gasteiger partial charge in [-0.15, -0.1) is 0 Å². The molecule has 2 aromatic carbocycles. The van der Waals surface area contributed by atoms with E-state index in [1.54, 1.807) is 18.2 Å². The Hall–Kier alpha value is -2.28. The van der Waals surface area contributed by atoms with E-state index < -0.39 is 5.76 Å². The van der Waals surface area contributed by atoms with Crippen LogP contribution in [0.3, 0.4) is 0 Å². The Kier molecular flexibility index (Phi) is 7.06. The monoisotopic (exact) mass is 365 g/mol. The molecule has 7 heteroatoms. The summed E-state index contributed by atoms with van der Waals surface area (Å²) in [7, 11) is 0. The van der Waals surface area contributed by atoms with Gasteiger partial charge in [-0.25, -0.2) is 4.79 Å². The van der Waals surface area contributed by atoms with Crippen LogP contribution in [0.5, 0.6) is 0 Å². The Balaban J connectivity index is 1.88. The number of rotatable bonds is 7. The van der Waals surface area contributed by atoms with E-state index >= 15 is 0 Å². The molecule has 0 saturated heterocycles. The number of carbonyl (C=O) groups is 1. The van der Waals surface area contributed by atoms with Crippen molar-refractivity contribution >= 4 is 29.2 Å². The first-order valence-electron chi connectivity index (χ1n) is 7.87. The van der Waals surface area contributed by atoms with Crippen LogP contribution >= 0.6 is 11.8 Å². The van der Waals surface area contributed by atoms with Gasteiger partial charge in [0.25, 0.3) is 5.76 Å². The molecule has 0 aliphatic carbocycles. The quantitative estimate of drug-likeness (QED) is 0.595. The topological polar surface area (TPSA) is 53.2 Å². The number of carbonyl (C=O) groups excluding carboxylic acids is 1. The van der Waals surface area contributed by atoms with Gasteiger partial charge in [0.15, 0.2) is 0 Å². The van der Waals surface area contributed by atoms with Crippen LogP contribution in [0.2, 0.25) is 0 Å². The summed E-state index contributed by atoms with van der Waals surface area (Å²) < 4.78 is 24.8. The van der Waals surface area contributed by atoms with Gasteiger partial charge in [0.1, 0.15) is 0 Å². The highest BCUT2D eigenvalue weighted by Gasteiger charge is 2.07. The van der Waals surface area contributed by atoms with Gasteiger partial charge < -0.3 is 16.0 Å². The van der Waals surface area contributed by atoms with Gasteiger partial charge in [-0.1, -0.05) is 30.0 Å². The number of nitrogens with one attached hydrogen (secondary N) is 3. The zero-order chi connectivity index (χ0) is 18.2. The second-order valence-corrected chi connectivity index (χ2v) is 6.78. The average molecular weight is 365 g/mol. The molecule has 2 aromatic rings. The third kappa shape index (κ3) is 7.01. The summed E-state index contributed by atoms with van der Waals surface area (Å²) in [5.74, 6) is -2.49. The molecule has 25 heavy (non-hydrogen) atoms. The van der Waals surface area contributed by atoms with E-state index in [9.17, 15) is 13.6 Å². The van der Waals surface area contributed by atoms with Gasteiger partial charge in [-0.3, -0.25) is 0 Å². The Morgan fingerprint density at radius 2 is 1.80 bits per heavy atom. The van der Waals surface area contributed by atoms with Crippen LogP contribution in [-0.4, -0.2) is 17.8 Å². The van der Waals surface area contributed by atoms with E-state index in [2.05, 4.69) is 29.8 Å². The van der Waals surface area contributed by atoms with Gasteiger partial charge >= 0.3 is 6.03 Å². The molecule has 0 fully saturated rings. The van der Waals surface area contributed by atoms with E-state index in [0.717, 1.165) is 11.3 Å². The van der Waals surface area contributed by atoms with Gasteiger partial charge in [0.05, 0.1) is 0 Å². The van der Waals surface area contributed by atoms with Crippen molar-refractivity contribution in [3.05, 3.63) is 54.1 Å². The Labute approximate surface area is 150 Å². The van der Waals surface area contributed by atoms with Gasteiger partial charge in [0, 0.05) is 28.9 Å². The highest BCUT2D eigenvalue weighted by Crippen LogP contribution is 2.27. The molecule has 134 valence electrons. The molecular formula is C18H21F2N3OS. The summed E-state index contributed by atoms with van der Waals surface area (Å²) >= 11 is 0.444. The zero-order valence-electron chi connectivity index (χ0n) is 14.1. The zero-order valence-corrected chi connectivity index (χ0v) is 14.9. The number of thioether (sulfide) groups is 1. The molecular weight excluding hydrogens is 344 g/mol. The van der Waals surface area contributed by atoms with Crippen LogP contribution < -0.4 is 16.0 Å². The second kappa shape index (κ2) is 9.27. The van der Waals surface area contributed by atoms with E-state index in [-0.39, 0.29) is 6.03 Å². The lowest BCUT2D eigenvalue weighted by Gasteiger charge is -2.12. The molecule has 4 nitrogen and oxygen atoms in total. The summed E-state index contributed by atoms with van der Waals surface area (Å²) in [5, 5.41) is 8.71. The minimum atomic E-state index is -2.49. The summed E-state index contributed by atoms with van der Waals surface area (Å²) in [6.45, 7) is 4.47. The first-order chi connectivity index (χ1) is 11.9. The van der Waals surface area contributed by atoms with Gasteiger partial charge in [-0.2, -0.15) is 8.78 Å². The summed E-state index contributed by atoms with van der Waals surface area (Å²) in [5.41, 5.74) is 2.42. The number of alkyl halides is 2. The third-order valence-corrected chi connectivity index (χ3v) is 3.86. The highest BCUT2D eigenvalue weighted by molar-refractivity contribution is 7.99. The van der Waals surface area contributed by atoms with Crippen molar-refractivity contribution in [2.24, 2.45) is 0 Å². The Morgan fingerprint density at radius 3 is 2.52 bits per heavy atom. The first kappa shape index (κ1) is 19.1. The van der Waals surface area contributed by atoms with Crippen molar-refractivity contribution in [3.8, 4) is 0 Å². The van der Waals surface area contributed by atoms with Crippen LogP contribution in [0.4, 0.5) is 25.0 Å². The maximum absolute atomic E-state index is 12.4. The predicted molar refractivity (Wildman–Crippen MR) is 99.4 cm³/mol. The van der Waals surface area contributed by atoms with E-state index in [1.165, 1.54) is 6.07 Å². The summed E-state index contributed by atoms with van der Waals surface area (Å²) in [6.07, 6.45) is 0. The Bertz CT molecular complexity index is 710. The van der Waals surface area contributed by atoms with Crippen molar-refractivity contribution < 1.29 is 13.6 Å². The lowest BCUT2D eigenvalue weighted by atomic mass is 10.2. The standard InChI is InChI=1S/C18H21F2N3OS/c1-12(2)22-14-6-3-5-13(9-14)11-21-18(24)23-15-7-4-8-16(10-15)25-17(19)20/h3-10,12,17,22H,11H2,1-2H3,(H2,21,23,24). The number of anilines is 2. The number of urea groups is 1. The number of amides is 2. The molecule has 0 aliphatic heterocycles. The molecule has 2 rings (SSSR count). The molecule has 0 unspecified atom stereocenters. The number of halogens is 2. The number of hydrogen-bond acceptors (Lipinski definition) is 3. The Morgan fingerprint density at radius 1 is 1.08 bits per heavy atom. The molecule has 0 aliphatic rings. The normalized spacial score (nSPS) is 10.8. The molecule has 0 bridgehead atoms. The van der Waals surface area contributed by atoms with E-state index in [1.807, 2.05) is 24.3 Å². The lowest BCUT2D eigenvalue weighted by molar-refractivity contribution is 0.251. The molecule has 0 aromatic heterocycles. The van der Waals surface area contributed by atoms with Crippen molar-refractivity contribution in [1.82, 2.24) is 5.32 Å². The largest absolute Gasteiger partial charge is 0.383 e. The van der Waals surface area contributed by atoms with E-state index in [0.29, 0.717) is 34.9 Å². The van der Waals surface area contributed by atoms with E-state index in [4.69, 9.17) is 0 Å². The van der Waals surface area contributed by atoms with Crippen molar-refractivity contribution in [3.63, 3.8) is 0 Å². The van der Waals surface area contributed by atoms with Crippen LogP contribution in [0, 0.1) is 0 Å². The fraction of sp³-hybridized carbons (Fsp3) is 0.278. The minimum absolute atomic E-state index is 0.324. The van der Waals surface area contributed by atoms with Crippen molar-refractivity contribution in [2.45, 2.75) is 37.1 Å². The highest BCUT2D eigenvalue weighted by atomic mass is 32.2. The molecule has 0 atom stereocenters. The van der Waals surface area contributed by atoms with Crippen LogP contribution in [0.25, 0.3) is 0 Å². The number of benzene rings is 2. The molecule has 0 spiro atoms. The summed E-state index contributed by atoms with van der Waals surface area (Å²) in [6, 6.07) is 14.1. The minimum Gasteiger partial charge on any atom is -0.383 e. The SMILES string of the molecule is CC(C)Nc1cccc(CNC(=O)Nc2cccc(SC(F)F)c2)c1. The molecule has 3 N–H and O–H groups in total. The van der Waals surface area contributed by atoms with Gasteiger partial charge in [0.2, 0.25) is 0 Å². The average Bonchev–Trinajstić information content (AvgIpc) is 2.52. The predicted octanol–water partition coefficient (Wildman–Crippen LogP) is 5.14. The molecule has 2 amide bonds. The molecule has 0 heterocycles. The maximum atomic E-state index is 12.4. The fourth-order valence-electron chi connectivity index (χ4n) is 2.21. The fourth-order valence-corrected chi connectivity index (χ4v) is 2.77. The summed E-state index contributed by atoms with van der Waals surface area (Å²) in [4.78, 5) is 12.4. The van der Waals surface area contributed by atoms with Gasteiger partial charge in [-0.05, 0) is 49.7 Å². The first-order valence-corrected chi connectivity index (χ1v) is 8.75. The van der Waals surface area contributed by atoms with Crippen molar-refractivity contribution in [1.29, 1.82) is 0 Å². The molecule has 0 saturated carbocycles. The van der Waals surface area contributed by atoms with Crippen LogP contribution in [-0.2, 0) is 6.54 Å². The maximum Gasteiger partial charge on any atom is 0.319 e. The molecule has 0 radical (unpaired) electrons. The lowest BCUT2D eigenvalue weighted by Crippen LogP contribution is -2.28. The smallest absolute Gasteiger partial charge is 0.319 e. The number of hydrogen-bond donors (Lipinski definition) is 3.